The number of nitrogens with one attached hydrogen (secondary N) is 1. The Morgan fingerprint density at radius 3 is 2.76 bits per heavy atom. The molecule has 0 radical (unpaired) electrons. The van der Waals surface area contributed by atoms with Gasteiger partial charge in [-0.2, -0.15) is 10.2 Å². The largest absolute Gasteiger partial charge is 0.271 e. The lowest BCUT2D eigenvalue weighted by molar-refractivity contribution is -0.122. The van der Waals surface area contributed by atoms with E-state index in [9.17, 15) is 4.79 Å². The number of pyridine rings is 1. The van der Waals surface area contributed by atoms with Crippen LogP contribution in [0.3, 0.4) is 0 Å². The second-order valence-corrected chi connectivity index (χ2v) is 4.76. The number of nitrogens with zero attached hydrogens (tertiary/aromatic N) is 4. The third kappa shape index (κ3) is 1.88. The highest BCUT2D eigenvalue weighted by Gasteiger charge is 2.29. The summed E-state index contributed by atoms with van der Waals surface area (Å²) in [6, 6.07) is 11.7. The van der Waals surface area contributed by atoms with Gasteiger partial charge in [0.15, 0.2) is 5.84 Å². The predicted octanol–water partition coefficient (Wildman–Crippen LogP) is 0.941. The van der Waals surface area contributed by atoms with Crippen LogP contribution in [-0.2, 0) is 4.79 Å². The number of hydrazone groups is 2. The molecule has 0 atom stereocenters. The fourth-order valence-electron chi connectivity index (χ4n) is 2.48. The van der Waals surface area contributed by atoms with E-state index in [4.69, 9.17) is 0 Å². The molecule has 3 heterocycles. The predicted molar refractivity (Wildman–Crippen MR) is 77.7 cm³/mol. The number of amidine groups is 1. The molecule has 1 aromatic heterocycles. The molecule has 2 aliphatic rings. The number of fused-ring (bicyclic) bond motifs is 3. The molecule has 6 nitrogen and oxygen atoms in total. The standard InChI is InChI=1S/C15H11N5O/c21-13-9-20-15(18-17-13)12-6-2-1-5-11(12)14(19-20)10-4-3-7-16-8-10/h1-8H,9H2,(H,17,21). The van der Waals surface area contributed by atoms with Gasteiger partial charge >= 0.3 is 0 Å². The average Bonchev–Trinajstić information content (AvgIpc) is 2.54. The van der Waals surface area contributed by atoms with Crippen molar-refractivity contribution in [1.82, 2.24) is 15.4 Å². The van der Waals surface area contributed by atoms with Gasteiger partial charge in [-0.15, -0.1) is 0 Å². The minimum Gasteiger partial charge on any atom is -0.271 e. The molecule has 1 N–H and O–H groups in total. The number of benzene rings is 1. The Morgan fingerprint density at radius 2 is 1.95 bits per heavy atom. The minimum atomic E-state index is -0.174. The van der Waals surface area contributed by atoms with Crippen molar-refractivity contribution in [2.45, 2.75) is 0 Å². The lowest BCUT2D eigenvalue weighted by Gasteiger charge is -2.30. The molecule has 0 spiro atoms. The number of carbonyl (C=O) groups is 1. The van der Waals surface area contributed by atoms with Gasteiger partial charge in [-0.3, -0.25) is 9.78 Å². The quantitative estimate of drug-likeness (QED) is 0.843. The minimum absolute atomic E-state index is 0.164. The van der Waals surface area contributed by atoms with Crippen molar-refractivity contribution in [3.63, 3.8) is 0 Å². The van der Waals surface area contributed by atoms with Crippen LogP contribution >= 0.6 is 0 Å². The summed E-state index contributed by atoms with van der Waals surface area (Å²) >= 11 is 0. The first-order valence-corrected chi connectivity index (χ1v) is 6.56. The number of hydrogen-bond donors (Lipinski definition) is 1. The second kappa shape index (κ2) is 4.52. The van der Waals surface area contributed by atoms with Crippen LogP contribution in [0.4, 0.5) is 0 Å². The van der Waals surface area contributed by atoms with Crippen LogP contribution in [0.15, 0.2) is 59.0 Å². The highest BCUT2D eigenvalue weighted by atomic mass is 16.2. The molecule has 6 heteroatoms. The molecule has 4 rings (SSSR count). The maximum atomic E-state index is 11.5. The molecular formula is C15H11N5O. The van der Waals surface area contributed by atoms with Gasteiger partial charge in [-0.05, 0) is 12.1 Å². The summed E-state index contributed by atoms with van der Waals surface area (Å²) in [5.74, 6) is 0.491. The van der Waals surface area contributed by atoms with E-state index in [1.807, 2.05) is 36.4 Å². The molecule has 21 heavy (non-hydrogen) atoms. The van der Waals surface area contributed by atoms with E-state index in [0.717, 1.165) is 22.4 Å². The number of amides is 1. The van der Waals surface area contributed by atoms with E-state index in [-0.39, 0.29) is 12.5 Å². The van der Waals surface area contributed by atoms with Crippen LogP contribution in [-0.4, -0.2) is 34.0 Å². The van der Waals surface area contributed by atoms with Crippen molar-refractivity contribution in [3.05, 3.63) is 65.5 Å². The molecule has 1 aromatic carbocycles. The van der Waals surface area contributed by atoms with Crippen molar-refractivity contribution in [3.8, 4) is 0 Å². The summed E-state index contributed by atoms with van der Waals surface area (Å²) in [7, 11) is 0. The molecule has 2 aromatic rings. The fourth-order valence-corrected chi connectivity index (χ4v) is 2.48. The zero-order valence-electron chi connectivity index (χ0n) is 11.0. The van der Waals surface area contributed by atoms with E-state index in [0.29, 0.717) is 5.84 Å². The Morgan fingerprint density at radius 1 is 1.10 bits per heavy atom. The Kier molecular flexibility index (Phi) is 2.53. The molecule has 0 saturated carbocycles. The Balaban J connectivity index is 1.93. The molecule has 1 amide bonds. The van der Waals surface area contributed by atoms with Gasteiger partial charge in [-0.1, -0.05) is 24.3 Å². The number of aromatic nitrogens is 1. The number of hydrogen-bond acceptors (Lipinski definition) is 5. The zero-order valence-corrected chi connectivity index (χ0v) is 11.0. The van der Waals surface area contributed by atoms with Gasteiger partial charge in [-0.25, -0.2) is 10.4 Å². The Hall–Kier alpha value is -3.02. The van der Waals surface area contributed by atoms with Crippen molar-refractivity contribution in [2.24, 2.45) is 10.2 Å². The lowest BCUT2D eigenvalue weighted by atomic mass is 9.96. The molecule has 0 bridgehead atoms. The topological polar surface area (TPSA) is 70.0 Å². The van der Waals surface area contributed by atoms with Gasteiger partial charge < -0.3 is 0 Å². The Bertz CT molecular complexity index is 782. The maximum Gasteiger partial charge on any atom is 0.261 e. The summed E-state index contributed by atoms with van der Waals surface area (Å²) in [5, 5.41) is 10.3. The van der Waals surface area contributed by atoms with Gasteiger partial charge in [0.2, 0.25) is 0 Å². The zero-order chi connectivity index (χ0) is 14.2. The van der Waals surface area contributed by atoms with Crippen LogP contribution < -0.4 is 5.43 Å². The second-order valence-electron chi connectivity index (χ2n) is 4.76. The first-order chi connectivity index (χ1) is 10.3. The first kappa shape index (κ1) is 11.8. The number of carbonyl (C=O) groups excluding carboxylic acids is 1. The van der Waals surface area contributed by atoms with Crippen LogP contribution in [0.1, 0.15) is 16.7 Å². The summed E-state index contributed by atoms with van der Waals surface area (Å²) < 4.78 is 0. The number of rotatable bonds is 1. The van der Waals surface area contributed by atoms with Gasteiger partial charge in [0.05, 0.1) is 0 Å². The third-order valence-corrected chi connectivity index (χ3v) is 3.40. The summed E-state index contributed by atoms with van der Waals surface area (Å²) in [6.45, 7) is 0.164. The molecule has 0 unspecified atom stereocenters. The SMILES string of the molecule is O=C1CN2N=C(c3cccnc3)c3ccccc3C2=NN1. The van der Waals surface area contributed by atoms with Crippen molar-refractivity contribution in [2.75, 3.05) is 6.54 Å². The van der Waals surface area contributed by atoms with Crippen LogP contribution in [0.25, 0.3) is 0 Å². The summed E-state index contributed by atoms with van der Waals surface area (Å²) in [6.07, 6.45) is 3.49. The van der Waals surface area contributed by atoms with Crippen LogP contribution in [0, 0.1) is 0 Å². The van der Waals surface area contributed by atoms with Gasteiger partial charge in [0.25, 0.3) is 5.91 Å². The normalized spacial score (nSPS) is 16.4. The van der Waals surface area contributed by atoms with Gasteiger partial charge in [0, 0.05) is 29.1 Å². The molecular weight excluding hydrogens is 266 g/mol. The average molecular weight is 277 g/mol. The van der Waals surface area contributed by atoms with E-state index in [2.05, 4.69) is 20.6 Å². The van der Waals surface area contributed by atoms with Crippen LogP contribution in [0.5, 0.6) is 0 Å². The van der Waals surface area contributed by atoms with Crippen LogP contribution in [0.2, 0.25) is 0 Å². The highest BCUT2D eigenvalue weighted by Crippen LogP contribution is 2.23. The van der Waals surface area contributed by atoms with E-state index in [1.54, 1.807) is 17.4 Å². The highest BCUT2D eigenvalue weighted by molar-refractivity contribution is 6.22. The molecule has 2 aliphatic heterocycles. The van der Waals surface area contributed by atoms with Crippen molar-refractivity contribution < 1.29 is 4.79 Å². The fraction of sp³-hybridized carbons (Fsp3) is 0.0667. The van der Waals surface area contributed by atoms with E-state index >= 15 is 0 Å². The maximum absolute atomic E-state index is 11.5. The summed E-state index contributed by atoms with van der Waals surface area (Å²) in [5.41, 5.74) is 6.15. The monoisotopic (exact) mass is 277 g/mol. The smallest absolute Gasteiger partial charge is 0.261 e. The summed E-state index contributed by atoms with van der Waals surface area (Å²) in [4.78, 5) is 15.7. The van der Waals surface area contributed by atoms with Crippen molar-refractivity contribution >= 4 is 17.5 Å². The molecule has 0 saturated heterocycles. The lowest BCUT2D eigenvalue weighted by Crippen LogP contribution is -2.45. The Labute approximate surface area is 120 Å². The molecule has 0 aliphatic carbocycles. The van der Waals surface area contributed by atoms with Crippen molar-refractivity contribution in [1.29, 1.82) is 0 Å². The third-order valence-electron chi connectivity index (χ3n) is 3.40. The first-order valence-electron chi connectivity index (χ1n) is 6.56. The van der Waals surface area contributed by atoms with E-state index < -0.39 is 0 Å². The molecule has 0 fully saturated rings. The molecule has 102 valence electrons. The van der Waals surface area contributed by atoms with E-state index in [1.165, 1.54) is 0 Å². The van der Waals surface area contributed by atoms with Gasteiger partial charge in [0.1, 0.15) is 12.3 Å².